The van der Waals surface area contributed by atoms with E-state index < -0.39 is 15.6 Å². The number of rotatable bonds is 7. The van der Waals surface area contributed by atoms with E-state index in [1.807, 2.05) is 22.2 Å². The molecule has 0 saturated heterocycles. The van der Waals surface area contributed by atoms with Crippen LogP contribution in [0.5, 0.6) is 5.75 Å². The number of aliphatic hydroxyl groups is 1. The second kappa shape index (κ2) is 7.27. The van der Waals surface area contributed by atoms with Gasteiger partial charge in [0.1, 0.15) is 11.4 Å². The highest BCUT2D eigenvalue weighted by atomic mass is 32.2. The molecule has 2 N–H and O–H groups in total. The molecule has 0 saturated carbocycles. The fourth-order valence-electron chi connectivity index (χ4n) is 2.38. The predicted molar refractivity (Wildman–Crippen MR) is 99.8 cm³/mol. The Morgan fingerprint density at radius 1 is 1.16 bits per heavy atom. The van der Waals surface area contributed by atoms with E-state index in [9.17, 15) is 13.5 Å². The standard InChI is InChI=1S/C17H17NO4S3/c1-22-14-4-6-15(7-5-14)25(20,21)18-12-17(19,13-8-10-23-11-13)16-3-2-9-24-16/h2-11,18-19H,12H2,1H3. The molecule has 1 unspecified atom stereocenters. The maximum absolute atomic E-state index is 12.6. The number of benzene rings is 1. The Balaban J connectivity index is 1.86. The van der Waals surface area contributed by atoms with Crippen LogP contribution >= 0.6 is 22.7 Å². The summed E-state index contributed by atoms with van der Waals surface area (Å²) in [6.45, 7) is -0.154. The number of methoxy groups -OCH3 is 1. The molecule has 0 aliphatic heterocycles. The Bertz CT molecular complexity index is 867. The molecule has 3 aromatic rings. The summed E-state index contributed by atoms with van der Waals surface area (Å²) in [7, 11) is -2.24. The molecule has 2 heterocycles. The van der Waals surface area contributed by atoms with Crippen LogP contribution in [0.25, 0.3) is 0 Å². The molecule has 0 amide bonds. The minimum Gasteiger partial charge on any atom is -0.497 e. The van der Waals surface area contributed by atoms with Crippen LogP contribution in [-0.2, 0) is 15.6 Å². The number of thiophene rings is 2. The zero-order chi connectivity index (χ0) is 17.9. The lowest BCUT2D eigenvalue weighted by Crippen LogP contribution is -2.40. The molecule has 8 heteroatoms. The van der Waals surface area contributed by atoms with Gasteiger partial charge in [0, 0.05) is 17.0 Å². The van der Waals surface area contributed by atoms with Crippen molar-refractivity contribution in [2.75, 3.05) is 13.7 Å². The van der Waals surface area contributed by atoms with E-state index in [-0.39, 0.29) is 11.4 Å². The molecular formula is C17H17NO4S3. The van der Waals surface area contributed by atoms with Gasteiger partial charge in [-0.05, 0) is 52.5 Å². The Morgan fingerprint density at radius 3 is 2.48 bits per heavy atom. The van der Waals surface area contributed by atoms with Gasteiger partial charge in [-0.25, -0.2) is 13.1 Å². The Morgan fingerprint density at radius 2 is 1.92 bits per heavy atom. The van der Waals surface area contributed by atoms with E-state index in [0.29, 0.717) is 16.2 Å². The summed E-state index contributed by atoms with van der Waals surface area (Å²) < 4.78 is 32.7. The van der Waals surface area contributed by atoms with E-state index in [0.717, 1.165) is 0 Å². The largest absolute Gasteiger partial charge is 0.497 e. The third-order valence-electron chi connectivity index (χ3n) is 3.82. The maximum atomic E-state index is 12.6. The van der Waals surface area contributed by atoms with Crippen LogP contribution < -0.4 is 9.46 Å². The normalized spacial score (nSPS) is 14.2. The molecule has 0 fully saturated rings. The zero-order valence-corrected chi connectivity index (χ0v) is 15.8. The summed E-state index contributed by atoms with van der Waals surface area (Å²) in [5.41, 5.74) is -0.745. The van der Waals surface area contributed by atoms with Crippen LogP contribution in [0.4, 0.5) is 0 Å². The van der Waals surface area contributed by atoms with Crippen LogP contribution in [0.3, 0.4) is 0 Å². The van der Waals surface area contributed by atoms with Crippen molar-refractivity contribution >= 4 is 32.7 Å². The lowest BCUT2D eigenvalue weighted by Gasteiger charge is -2.26. The van der Waals surface area contributed by atoms with Gasteiger partial charge in [0.15, 0.2) is 0 Å². The van der Waals surface area contributed by atoms with Gasteiger partial charge in [-0.3, -0.25) is 0 Å². The van der Waals surface area contributed by atoms with Gasteiger partial charge >= 0.3 is 0 Å². The van der Waals surface area contributed by atoms with Crippen LogP contribution in [0.1, 0.15) is 10.4 Å². The summed E-state index contributed by atoms with van der Waals surface area (Å²) in [5.74, 6) is 0.576. The smallest absolute Gasteiger partial charge is 0.240 e. The number of hydrogen-bond donors (Lipinski definition) is 2. The summed E-state index contributed by atoms with van der Waals surface area (Å²) >= 11 is 2.83. The monoisotopic (exact) mass is 395 g/mol. The van der Waals surface area contributed by atoms with Crippen molar-refractivity contribution in [3.05, 3.63) is 69.0 Å². The molecule has 1 atom stereocenters. The van der Waals surface area contributed by atoms with Gasteiger partial charge in [-0.2, -0.15) is 11.3 Å². The summed E-state index contributed by atoms with van der Waals surface area (Å²) in [6.07, 6.45) is 0. The minimum atomic E-state index is -3.76. The number of nitrogens with one attached hydrogen (secondary N) is 1. The van der Waals surface area contributed by atoms with E-state index >= 15 is 0 Å². The topological polar surface area (TPSA) is 75.6 Å². The summed E-state index contributed by atoms with van der Waals surface area (Å²) in [4.78, 5) is 0.801. The molecule has 3 rings (SSSR count). The first kappa shape index (κ1) is 18.1. The van der Waals surface area contributed by atoms with E-state index in [4.69, 9.17) is 4.74 Å². The third kappa shape index (κ3) is 3.78. The fourth-order valence-corrected chi connectivity index (χ4v) is 5.01. The SMILES string of the molecule is COc1ccc(S(=O)(=O)NCC(O)(c2ccsc2)c2cccs2)cc1. The van der Waals surface area contributed by atoms with E-state index in [1.165, 1.54) is 41.9 Å². The highest BCUT2D eigenvalue weighted by Crippen LogP contribution is 2.34. The first-order chi connectivity index (χ1) is 12.0. The maximum Gasteiger partial charge on any atom is 0.240 e. The van der Waals surface area contributed by atoms with Crippen molar-refractivity contribution < 1.29 is 18.3 Å². The Hall–Kier alpha value is -1.71. The number of sulfonamides is 1. The van der Waals surface area contributed by atoms with Crippen molar-refractivity contribution in [3.8, 4) is 5.75 Å². The molecule has 2 aromatic heterocycles. The lowest BCUT2D eigenvalue weighted by atomic mass is 9.95. The van der Waals surface area contributed by atoms with Gasteiger partial charge in [-0.1, -0.05) is 6.07 Å². The van der Waals surface area contributed by atoms with Crippen molar-refractivity contribution in [1.29, 1.82) is 0 Å². The minimum absolute atomic E-state index is 0.118. The van der Waals surface area contributed by atoms with Crippen molar-refractivity contribution in [2.24, 2.45) is 0 Å². The van der Waals surface area contributed by atoms with Gasteiger partial charge in [0.25, 0.3) is 0 Å². The lowest BCUT2D eigenvalue weighted by molar-refractivity contribution is 0.0903. The molecule has 0 spiro atoms. The molecule has 132 valence electrons. The van der Waals surface area contributed by atoms with Crippen LogP contribution in [0.15, 0.2) is 63.5 Å². The van der Waals surface area contributed by atoms with Crippen molar-refractivity contribution in [2.45, 2.75) is 10.5 Å². The van der Waals surface area contributed by atoms with Gasteiger partial charge in [0.05, 0.1) is 12.0 Å². The van der Waals surface area contributed by atoms with Crippen molar-refractivity contribution in [1.82, 2.24) is 4.72 Å². The molecule has 5 nitrogen and oxygen atoms in total. The average molecular weight is 396 g/mol. The Labute approximate surface area is 154 Å². The second-order valence-electron chi connectivity index (χ2n) is 5.35. The molecule has 0 radical (unpaired) electrons. The van der Waals surface area contributed by atoms with Crippen molar-refractivity contribution in [3.63, 3.8) is 0 Å². The van der Waals surface area contributed by atoms with E-state index in [1.54, 1.807) is 24.3 Å². The first-order valence-corrected chi connectivity index (χ1v) is 10.7. The average Bonchev–Trinajstić information content (AvgIpc) is 3.33. The fraction of sp³-hybridized carbons (Fsp3) is 0.176. The van der Waals surface area contributed by atoms with Crippen LogP contribution in [0.2, 0.25) is 0 Å². The quantitative estimate of drug-likeness (QED) is 0.645. The van der Waals surface area contributed by atoms with Crippen LogP contribution in [0, 0.1) is 0 Å². The third-order valence-corrected chi connectivity index (χ3v) is 6.94. The van der Waals surface area contributed by atoms with Gasteiger partial charge in [0.2, 0.25) is 10.0 Å². The Kier molecular flexibility index (Phi) is 5.26. The van der Waals surface area contributed by atoms with Crippen LogP contribution in [-0.4, -0.2) is 27.2 Å². The highest BCUT2D eigenvalue weighted by molar-refractivity contribution is 7.89. The molecule has 0 aliphatic carbocycles. The zero-order valence-electron chi connectivity index (χ0n) is 13.4. The van der Waals surface area contributed by atoms with Gasteiger partial charge in [-0.15, -0.1) is 11.3 Å². The molecule has 0 aliphatic rings. The second-order valence-corrected chi connectivity index (χ2v) is 8.84. The molecule has 1 aromatic carbocycles. The molecule has 0 bridgehead atoms. The first-order valence-electron chi connectivity index (χ1n) is 7.38. The summed E-state index contributed by atoms with van der Waals surface area (Å²) in [6, 6.07) is 11.5. The highest BCUT2D eigenvalue weighted by Gasteiger charge is 2.34. The number of hydrogen-bond acceptors (Lipinski definition) is 6. The number of ether oxygens (including phenoxy) is 1. The summed E-state index contributed by atoms with van der Waals surface area (Å²) in [5, 5.41) is 16.7. The predicted octanol–water partition coefficient (Wildman–Crippen LogP) is 3.03. The van der Waals surface area contributed by atoms with Gasteiger partial charge < -0.3 is 9.84 Å². The molecular weight excluding hydrogens is 378 g/mol. The molecule has 25 heavy (non-hydrogen) atoms. The van der Waals surface area contributed by atoms with E-state index in [2.05, 4.69) is 4.72 Å².